The van der Waals surface area contributed by atoms with Crippen molar-refractivity contribution in [1.82, 2.24) is 15.4 Å². The summed E-state index contributed by atoms with van der Waals surface area (Å²) in [6.45, 7) is 0. The fourth-order valence-corrected chi connectivity index (χ4v) is 0.600. The van der Waals surface area contributed by atoms with E-state index < -0.39 is 0 Å². The van der Waals surface area contributed by atoms with Crippen LogP contribution in [-0.2, 0) is 0 Å². The maximum absolute atomic E-state index is 7.44. The minimum atomic E-state index is -0.187. The maximum Gasteiger partial charge on any atom is 0.192 e. The molecule has 2 rings (SSSR count). The van der Waals surface area contributed by atoms with Gasteiger partial charge in [0.15, 0.2) is 1.41 Å². The van der Waals surface area contributed by atoms with E-state index in [-0.39, 0.29) is 29.2 Å². The van der Waals surface area contributed by atoms with Crippen molar-refractivity contribution in [2.45, 2.75) is 0 Å². The fraction of sp³-hybridized carbons (Fsp3) is 0. The summed E-state index contributed by atoms with van der Waals surface area (Å²) < 4.78 is 29.3. The minimum Gasteiger partial charge on any atom is -0.258 e. The molecule has 0 unspecified atom stereocenters. The van der Waals surface area contributed by atoms with Crippen LogP contribution in [0.5, 0.6) is 0 Å². The molecule has 0 fully saturated rings. The van der Waals surface area contributed by atoms with E-state index in [4.69, 9.17) is 5.52 Å². The molecule has 2 aromatic rings. The largest absolute Gasteiger partial charge is 0.258 e. The quantitative estimate of drug-likeness (QED) is 0.566. The number of nitrogens with zero attached hydrogens (tertiary/aromatic N) is 2. The first-order chi connectivity index (χ1) is 6.11. The molecule has 0 amide bonds. The van der Waals surface area contributed by atoms with Crippen molar-refractivity contribution in [3.05, 3.63) is 24.2 Å². The second-order valence-corrected chi connectivity index (χ2v) is 1.56. The SMILES string of the molecule is [2H]c1cc2c(nnn2[2H])c([2H])c1[2H]. The number of nitrogens with one attached hydrogen (secondary N) is 1. The second kappa shape index (κ2) is 1.55. The molecule has 0 saturated heterocycles. The highest BCUT2D eigenvalue weighted by Crippen LogP contribution is 2.03. The molecule has 9 heavy (non-hydrogen) atoms. The maximum atomic E-state index is 7.44. The average molecular weight is 123 g/mol. The average Bonchev–Trinajstić information content (AvgIpc) is 2.45. The van der Waals surface area contributed by atoms with Crippen LogP contribution in [0.3, 0.4) is 0 Å². The summed E-state index contributed by atoms with van der Waals surface area (Å²) in [6, 6.07) is 0.880. The topological polar surface area (TPSA) is 41.6 Å². The van der Waals surface area contributed by atoms with Crippen LogP contribution in [0.25, 0.3) is 11.0 Å². The van der Waals surface area contributed by atoms with Crippen molar-refractivity contribution in [2.24, 2.45) is 0 Å². The van der Waals surface area contributed by atoms with Crippen LogP contribution in [-0.4, -0.2) is 15.4 Å². The molecule has 44 valence electrons. The summed E-state index contributed by atoms with van der Waals surface area (Å²) in [5.74, 6) is 0. The predicted octanol–water partition coefficient (Wildman–Crippen LogP) is 0.958. The molecular weight excluding hydrogens is 114 g/mol. The number of para-hydroxylation sites is 1. The van der Waals surface area contributed by atoms with Gasteiger partial charge in [-0.1, -0.05) is 17.3 Å². The third kappa shape index (κ3) is 0.579. The summed E-state index contributed by atoms with van der Waals surface area (Å²) in [7, 11) is 0. The smallest absolute Gasteiger partial charge is 0.192 e. The highest BCUT2D eigenvalue weighted by Gasteiger charge is 1.90. The Morgan fingerprint density at radius 3 is 3.67 bits per heavy atom. The lowest BCUT2D eigenvalue weighted by Crippen LogP contribution is -1.63. The van der Waals surface area contributed by atoms with Crippen molar-refractivity contribution in [2.75, 3.05) is 0 Å². The van der Waals surface area contributed by atoms with Gasteiger partial charge in [-0.2, -0.15) is 0 Å². The first-order valence-electron chi connectivity index (χ1n) is 4.37. The molecule has 1 heterocycles. The van der Waals surface area contributed by atoms with Gasteiger partial charge in [-0.15, -0.1) is 5.10 Å². The van der Waals surface area contributed by atoms with Crippen molar-refractivity contribution in [3.8, 4) is 0 Å². The van der Waals surface area contributed by atoms with E-state index >= 15 is 0 Å². The van der Waals surface area contributed by atoms with Gasteiger partial charge in [-0.25, -0.2) is 0 Å². The van der Waals surface area contributed by atoms with E-state index in [0.29, 0.717) is 0 Å². The number of H-pyrrole nitrogens is 1. The Morgan fingerprint density at radius 1 is 1.67 bits per heavy atom. The molecule has 0 bridgehead atoms. The number of hydrogen-bond donors (Lipinski definition) is 1. The molecule has 0 saturated carbocycles. The predicted molar refractivity (Wildman–Crippen MR) is 33.9 cm³/mol. The zero-order valence-electron chi connectivity index (χ0n) is 8.42. The first-order valence-corrected chi connectivity index (χ1v) is 2.42. The van der Waals surface area contributed by atoms with Gasteiger partial charge in [0, 0.05) is 0 Å². The Kier molecular flexibility index (Phi) is 0.361. The van der Waals surface area contributed by atoms with Gasteiger partial charge < -0.3 is 0 Å². The Balaban J connectivity index is 2.96. The fourth-order valence-electron chi connectivity index (χ4n) is 0.600. The van der Waals surface area contributed by atoms with E-state index in [9.17, 15) is 0 Å². The number of rotatable bonds is 0. The number of aromatic amines is 1. The zero-order chi connectivity index (χ0) is 9.59. The molecule has 3 nitrogen and oxygen atoms in total. The molecule has 0 atom stereocenters. The van der Waals surface area contributed by atoms with Gasteiger partial charge in [-0.05, 0) is 12.1 Å². The third-order valence-electron chi connectivity index (χ3n) is 1.00. The van der Waals surface area contributed by atoms with Gasteiger partial charge in [-0.3, -0.25) is 5.09 Å². The van der Waals surface area contributed by atoms with Crippen molar-refractivity contribution in [1.29, 1.82) is 0 Å². The van der Waals surface area contributed by atoms with Gasteiger partial charge in [0.1, 0.15) is 5.52 Å². The molecule has 1 aromatic heterocycles. The summed E-state index contributed by atoms with van der Waals surface area (Å²) >= 11 is 0. The Labute approximate surface area is 57.4 Å². The van der Waals surface area contributed by atoms with E-state index in [2.05, 4.69) is 10.3 Å². The summed E-state index contributed by atoms with van der Waals surface area (Å²) in [4.78, 5) is 0. The van der Waals surface area contributed by atoms with Gasteiger partial charge in [0.25, 0.3) is 0 Å². The van der Waals surface area contributed by atoms with Gasteiger partial charge in [0.05, 0.1) is 9.63 Å². The molecule has 0 radical (unpaired) electrons. The number of hydrogen-bond acceptors (Lipinski definition) is 2. The molecule has 1 aromatic carbocycles. The first kappa shape index (κ1) is 2.10. The van der Waals surface area contributed by atoms with Gasteiger partial charge >= 0.3 is 0 Å². The number of benzene rings is 1. The lowest BCUT2D eigenvalue weighted by atomic mass is 10.3. The lowest BCUT2D eigenvalue weighted by Gasteiger charge is -1.79. The van der Waals surface area contributed by atoms with Crippen LogP contribution in [0.1, 0.15) is 4.11 Å². The number of aromatic nitrogens is 3. The summed E-state index contributed by atoms with van der Waals surface area (Å²) in [5.41, 5.74) is 0.474. The highest BCUT2D eigenvalue weighted by molar-refractivity contribution is 5.72. The van der Waals surface area contributed by atoms with Crippen molar-refractivity contribution in [3.63, 3.8) is 0 Å². The highest BCUT2D eigenvalue weighted by atomic mass is 15.3. The molecule has 0 spiro atoms. The summed E-state index contributed by atoms with van der Waals surface area (Å²) in [5, 5.41) is 7.68. The van der Waals surface area contributed by atoms with Crippen molar-refractivity contribution < 1.29 is 5.52 Å². The molecule has 1 N–H and O–H groups in total. The normalized spacial score (nSPS) is 16.4. The standard InChI is InChI=1S/C6H5N3/c1-2-4-6-5(3-1)7-9-8-6/h1-4H,(H,7,8,9)/i1D,2D,3D/hD. The molecule has 0 aliphatic carbocycles. The van der Waals surface area contributed by atoms with Crippen molar-refractivity contribution >= 4 is 11.0 Å². The second-order valence-electron chi connectivity index (χ2n) is 1.56. The van der Waals surface area contributed by atoms with E-state index in [1.54, 1.807) is 0 Å². The van der Waals surface area contributed by atoms with Crippen LogP contribution in [0.4, 0.5) is 0 Å². The van der Waals surface area contributed by atoms with Gasteiger partial charge in [0.2, 0.25) is 0 Å². The molecule has 0 aliphatic heterocycles. The molecule has 0 aliphatic rings. The lowest BCUT2D eigenvalue weighted by molar-refractivity contribution is 0.959. The minimum absolute atomic E-state index is 0.0895. The number of fused-ring (bicyclic) bond motifs is 1. The summed E-state index contributed by atoms with van der Waals surface area (Å²) in [6.07, 6.45) is 0. The van der Waals surface area contributed by atoms with Crippen LogP contribution >= 0.6 is 0 Å². The van der Waals surface area contributed by atoms with Crippen LogP contribution in [0.15, 0.2) is 24.2 Å². The van der Waals surface area contributed by atoms with Crippen LogP contribution in [0, 0.1) is 0 Å². The molecule has 3 heteroatoms. The van der Waals surface area contributed by atoms with Crippen LogP contribution < -0.4 is 0 Å². The van der Waals surface area contributed by atoms with E-state index in [0.717, 1.165) is 5.09 Å². The van der Waals surface area contributed by atoms with E-state index in [1.165, 1.54) is 6.07 Å². The Morgan fingerprint density at radius 2 is 2.67 bits per heavy atom. The monoisotopic (exact) mass is 123 g/mol. The zero-order valence-corrected chi connectivity index (χ0v) is 4.42. The third-order valence-corrected chi connectivity index (χ3v) is 1.00. The Hall–Kier alpha value is -1.38. The van der Waals surface area contributed by atoms with Crippen LogP contribution in [0.2, 0.25) is 1.41 Å². The Bertz CT molecular complexity index is 478. The van der Waals surface area contributed by atoms with E-state index in [1.807, 2.05) is 0 Å². The molecular formula is C6H5N3.